The van der Waals surface area contributed by atoms with Gasteiger partial charge in [0, 0.05) is 14.6 Å². The topological polar surface area (TPSA) is 0 Å². The van der Waals surface area contributed by atoms with E-state index in [9.17, 15) is 0 Å². The van der Waals surface area contributed by atoms with Crippen LogP contribution < -0.4 is 4.50 Å². The largest absolute Gasteiger partial charge is 0.144 e. The molecule has 86 valence electrons. The number of aryl methyl sites for hydroxylation is 2. The van der Waals surface area contributed by atoms with Gasteiger partial charge in [0.15, 0.2) is 0 Å². The Morgan fingerprint density at radius 2 is 1.69 bits per heavy atom. The molecule has 0 aromatic carbocycles. The quantitative estimate of drug-likeness (QED) is 0.695. The minimum absolute atomic E-state index is 1.13. The molecule has 2 aromatic heterocycles. The lowest BCUT2D eigenvalue weighted by atomic mass is 10.2. The van der Waals surface area contributed by atoms with Crippen molar-refractivity contribution in [2.75, 3.05) is 0 Å². The van der Waals surface area contributed by atoms with Crippen LogP contribution in [0.15, 0.2) is 18.2 Å². The highest BCUT2D eigenvalue weighted by atomic mass is 32.1. The molecular formula is C13H18S2Si. The molecule has 16 heavy (non-hydrogen) atoms. The molecule has 0 aliphatic heterocycles. The summed E-state index contributed by atoms with van der Waals surface area (Å²) in [6.45, 7) is 11.6. The van der Waals surface area contributed by atoms with Crippen molar-refractivity contribution in [2.45, 2.75) is 33.5 Å². The van der Waals surface area contributed by atoms with Crippen LogP contribution in [0.3, 0.4) is 0 Å². The van der Waals surface area contributed by atoms with Gasteiger partial charge in [0.05, 0.1) is 8.07 Å². The Kier molecular flexibility index (Phi) is 3.12. The van der Waals surface area contributed by atoms with E-state index in [1.54, 1.807) is 4.50 Å². The van der Waals surface area contributed by atoms with Gasteiger partial charge in [-0.15, -0.1) is 22.7 Å². The highest BCUT2D eigenvalue weighted by molar-refractivity contribution is 7.30. The Hall–Kier alpha value is -0.383. The second kappa shape index (κ2) is 4.13. The van der Waals surface area contributed by atoms with E-state index in [4.69, 9.17) is 0 Å². The molecule has 0 aliphatic rings. The maximum atomic E-state index is 2.41. The van der Waals surface area contributed by atoms with E-state index in [0.717, 1.165) is 0 Å². The molecular weight excluding hydrogens is 248 g/mol. The summed E-state index contributed by atoms with van der Waals surface area (Å²) in [5.74, 6) is 0. The van der Waals surface area contributed by atoms with Gasteiger partial charge in [0.2, 0.25) is 0 Å². The highest BCUT2D eigenvalue weighted by Gasteiger charge is 2.19. The first-order valence-electron chi connectivity index (χ1n) is 5.55. The predicted molar refractivity (Wildman–Crippen MR) is 80.1 cm³/mol. The second-order valence-electron chi connectivity index (χ2n) is 5.28. The maximum Gasteiger partial charge on any atom is 0.0904 e. The SMILES string of the molecule is Cc1cc(C)c(-c2ccc([Si](C)(C)C)s2)s1. The van der Waals surface area contributed by atoms with Crippen molar-refractivity contribution >= 4 is 35.2 Å². The predicted octanol–water partition coefficient (Wildman–Crippen LogP) is 4.64. The third-order valence-corrected chi connectivity index (χ3v) is 8.63. The standard InChI is InChI=1S/C13H18S2Si/c1-9-8-10(2)14-13(9)11-6-7-12(15-11)16(3,4)5/h6-8H,1-5H3. The van der Waals surface area contributed by atoms with Crippen LogP contribution in [-0.2, 0) is 0 Å². The lowest BCUT2D eigenvalue weighted by Gasteiger charge is -2.12. The molecule has 0 unspecified atom stereocenters. The van der Waals surface area contributed by atoms with Crippen LogP contribution in [0.25, 0.3) is 9.75 Å². The molecule has 3 heteroatoms. The molecule has 2 aromatic rings. The van der Waals surface area contributed by atoms with Crippen molar-refractivity contribution in [1.82, 2.24) is 0 Å². The third-order valence-electron chi connectivity index (χ3n) is 2.61. The van der Waals surface area contributed by atoms with E-state index in [-0.39, 0.29) is 0 Å². The monoisotopic (exact) mass is 266 g/mol. The van der Waals surface area contributed by atoms with Crippen LogP contribution in [0.4, 0.5) is 0 Å². The van der Waals surface area contributed by atoms with Crippen molar-refractivity contribution in [3.63, 3.8) is 0 Å². The Morgan fingerprint density at radius 3 is 2.12 bits per heavy atom. The second-order valence-corrected chi connectivity index (χ2v) is 13.0. The zero-order chi connectivity index (χ0) is 11.9. The Morgan fingerprint density at radius 1 is 1.00 bits per heavy atom. The molecule has 0 N–H and O–H groups in total. The Balaban J connectivity index is 2.43. The van der Waals surface area contributed by atoms with Crippen LogP contribution in [-0.4, -0.2) is 8.07 Å². The van der Waals surface area contributed by atoms with E-state index in [2.05, 4.69) is 51.7 Å². The van der Waals surface area contributed by atoms with E-state index in [1.165, 1.54) is 20.2 Å². The van der Waals surface area contributed by atoms with Crippen LogP contribution in [0.1, 0.15) is 10.4 Å². The average molecular weight is 267 g/mol. The van der Waals surface area contributed by atoms with Crippen LogP contribution in [0.2, 0.25) is 19.6 Å². The number of thiophene rings is 2. The summed E-state index contributed by atoms with van der Waals surface area (Å²) >= 11 is 3.91. The normalized spacial score (nSPS) is 12.1. The minimum Gasteiger partial charge on any atom is -0.144 e. The lowest BCUT2D eigenvalue weighted by Crippen LogP contribution is -2.34. The van der Waals surface area contributed by atoms with Crippen molar-refractivity contribution in [3.05, 3.63) is 28.6 Å². The fraction of sp³-hybridized carbons (Fsp3) is 0.385. The van der Waals surface area contributed by atoms with Gasteiger partial charge in [0.25, 0.3) is 0 Å². The summed E-state index contributed by atoms with van der Waals surface area (Å²) in [6, 6.07) is 6.92. The van der Waals surface area contributed by atoms with Crippen LogP contribution in [0.5, 0.6) is 0 Å². The van der Waals surface area contributed by atoms with Crippen molar-refractivity contribution < 1.29 is 0 Å². The van der Waals surface area contributed by atoms with Gasteiger partial charge in [-0.3, -0.25) is 0 Å². The molecule has 0 spiro atoms. The summed E-state index contributed by atoms with van der Waals surface area (Å²) in [7, 11) is -1.13. The first kappa shape index (κ1) is 12.1. The van der Waals surface area contributed by atoms with E-state index < -0.39 is 8.07 Å². The maximum absolute atomic E-state index is 2.41. The van der Waals surface area contributed by atoms with Gasteiger partial charge in [-0.1, -0.05) is 25.7 Å². The van der Waals surface area contributed by atoms with E-state index in [0.29, 0.717) is 0 Å². The lowest BCUT2D eigenvalue weighted by molar-refractivity contribution is 1.51. The molecule has 0 saturated carbocycles. The summed E-state index contributed by atoms with van der Waals surface area (Å²) < 4.78 is 1.60. The smallest absolute Gasteiger partial charge is 0.0904 e. The third kappa shape index (κ3) is 2.31. The zero-order valence-corrected chi connectivity index (χ0v) is 13.2. The molecule has 0 amide bonds. The molecule has 0 aliphatic carbocycles. The average Bonchev–Trinajstić information content (AvgIpc) is 2.70. The fourth-order valence-electron chi connectivity index (χ4n) is 1.75. The molecule has 0 radical (unpaired) electrons. The molecule has 0 fully saturated rings. The van der Waals surface area contributed by atoms with E-state index in [1.807, 2.05) is 22.7 Å². The molecule has 2 heterocycles. The molecule has 2 rings (SSSR count). The summed E-state index contributed by atoms with van der Waals surface area (Å²) in [6.07, 6.45) is 0. The van der Waals surface area contributed by atoms with Gasteiger partial charge in [-0.2, -0.15) is 0 Å². The number of hydrogen-bond acceptors (Lipinski definition) is 2. The number of hydrogen-bond donors (Lipinski definition) is 0. The Labute approximate surface area is 107 Å². The molecule has 0 saturated heterocycles. The van der Waals surface area contributed by atoms with Crippen LogP contribution >= 0.6 is 22.7 Å². The van der Waals surface area contributed by atoms with Crippen molar-refractivity contribution in [3.8, 4) is 9.75 Å². The van der Waals surface area contributed by atoms with Crippen LogP contribution in [0, 0.1) is 13.8 Å². The molecule has 0 bridgehead atoms. The Bertz CT molecular complexity index is 500. The van der Waals surface area contributed by atoms with E-state index >= 15 is 0 Å². The highest BCUT2D eigenvalue weighted by Crippen LogP contribution is 2.34. The first-order chi connectivity index (χ1) is 7.38. The van der Waals surface area contributed by atoms with Gasteiger partial charge in [0.1, 0.15) is 0 Å². The minimum atomic E-state index is -1.13. The fourth-order valence-corrected chi connectivity index (χ4v) is 5.85. The first-order valence-corrected chi connectivity index (χ1v) is 10.7. The molecule has 0 atom stereocenters. The van der Waals surface area contributed by atoms with Gasteiger partial charge in [-0.25, -0.2) is 0 Å². The number of rotatable bonds is 2. The van der Waals surface area contributed by atoms with Gasteiger partial charge < -0.3 is 0 Å². The summed E-state index contributed by atoms with van der Waals surface area (Å²) in [5, 5.41) is 0. The van der Waals surface area contributed by atoms with Gasteiger partial charge >= 0.3 is 0 Å². The zero-order valence-electron chi connectivity index (χ0n) is 10.5. The van der Waals surface area contributed by atoms with Crippen molar-refractivity contribution in [1.29, 1.82) is 0 Å². The molecule has 0 nitrogen and oxygen atoms in total. The summed E-state index contributed by atoms with van der Waals surface area (Å²) in [5.41, 5.74) is 1.42. The van der Waals surface area contributed by atoms with Crippen molar-refractivity contribution in [2.24, 2.45) is 0 Å². The summed E-state index contributed by atoms with van der Waals surface area (Å²) in [4.78, 5) is 4.33. The van der Waals surface area contributed by atoms with Gasteiger partial charge in [-0.05, 0) is 36.0 Å².